The lowest BCUT2D eigenvalue weighted by atomic mass is 9.97. The number of fused-ring (bicyclic) bond motifs is 1. The number of methoxy groups -OCH3 is 3. The molecule has 1 aromatic heterocycles. The Morgan fingerprint density at radius 2 is 1.57 bits per heavy atom. The van der Waals surface area contributed by atoms with E-state index >= 15 is 0 Å². The smallest absolute Gasteiger partial charge is 0.249 e. The van der Waals surface area contributed by atoms with Crippen LogP contribution in [0.1, 0.15) is 38.8 Å². The minimum absolute atomic E-state index is 0.138. The number of aromatic nitrogens is 3. The fourth-order valence-corrected chi connectivity index (χ4v) is 4.43. The van der Waals surface area contributed by atoms with Crippen LogP contribution in [0.2, 0.25) is 0 Å². The molecule has 0 fully saturated rings. The second-order valence-electron chi connectivity index (χ2n) is 9.92. The Hall–Kier alpha value is -4.60. The first-order valence-corrected chi connectivity index (χ1v) is 13.0. The number of carbonyl (C=O) groups is 2. The number of para-hydroxylation sites is 2. The van der Waals surface area contributed by atoms with Gasteiger partial charge >= 0.3 is 0 Å². The predicted molar refractivity (Wildman–Crippen MR) is 153 cm³/mol. The number of hydrogen-bond donors (Lipinski definition) is 1. The molecule has 0 aliphatic carbocycles. The third-order valence-corrected chi connectivity index (χ3v) is 6.86. The molecule has 0 aliphatic heterocycles. The molecule has 0 saturated carbocycles. The highest BCUT2D eigenvalue weighted by atomic mass is 16.5. The van der Waals surface area contributed by atoms with Crippen LogP contribution in [0, 0.1) is 0 Å². The molecule has 0 spiro atoms. The van der Waals surface area contributed by atoms with Crippen molar-refractivity contribution < 1.29 is 23.8 Å². The zero-order valence-corrected chi connectivity index (χ0v) is 23.7. The van der Waals surface area contributed by atoms with Gasteiger partial charge in [-0.2, -0.15) is 0 Å². The van der Waals surface area contributed by atoms with Crippen LogP contribution < -0.4 is 24.4 Å². The van der Waals surface area contributed by atoms with E-state index in [4.69, 9.17) is 14.2 Å². The second-order valence-corrected chi connectivity index (χ2v) is 9.92. The maximum atomic E-state index is 14.2. The molecule has 0 saturated heterocycles. The number of hydrogen-bond acceptors (Lipinski definition) is 7. The predicted octanol–water partition coefficient (Wildman–Crippen LogP) is 4.54. The van der Waals surface area contributed by atoms with E-state index in [9.17, 15) is 9.59 Å². The lowest BCUT2D eigenvalue weighted by Gasteiger charge is -2.35. The van der Waals surface area contributed by atoms with E-state index in [1.54, 1.807) is 24.3 Å². The van der Waals surface area contributed by atoms with Gasteiger partial charge in [-0.15, -0.1) is 5.10 Å². The number of ether oxygens (including phenoxy) is 3. The summed E-state index contributed by atoms with van der Waals surface area (Å²) in [6, 6.07) is 18.8. The maximum Gasteiger partial charge on any atom is 0.249 e. The Bertz CT molecular complexity index is 1460. The number of nitrogens with one attached hydrogen (secondary N) is 1. The number of carbonyl (C=O) groups excluding carboxylic acids is 2. The Labute approximate surface area is 233 Å². The van der Waals surface area contributed by atoms with E-state index < -0.39 is 11.6 Å². The molecule has 4 rings (SSSR count). The van der Waals surface area contributed by atoms with Crippen molar-refractivity contribution in [3.8, 4) is 17.2 Å². The molecule has 3 aromatic carbocycles. The van der Waals surface area contributed by atoms with Gasteiger partial charge in [-0.1, -0.05) is 42.5 Å². The van der Waals surface area contributed by atoms with E-state index in [1.807, 2.05) is 63.2 Å². The van der Waals surface area contributed by atoms with Gasteiger partial charge in [0, 0.05) is 11.2 Å². The van der Waals surface area contributed by atoms with Gasteiger partial charge in [0.05, 0.1) is 26.8 Å². The Kier molecular flexibility index (Phi) is 8.57. The van der Waals surface area contributed by atoms with Gasteiger partial charge in [0.15, 0.2) is 11.5 Å². The quantitative estimate of drug-likeness (QED) is 0.295. The number of nitrogens with zero attached hydrogens (tertiary/aromatic N) is 4. The van der Waals surface area contributed by atoms with Crippen LogP contribution in [0.3, 0.4) is 0 Å². The van der Waals surface area contributed by atoms with Gasteiger partial charge < -0.3 is 19.5 Å². The number of benzene rings is 3. The maximum absolute atomic E-state index is 14.2. The number of anilines is 1. The van der Waals surface area contributed by atoms with Crippen LogP contribution >= 0.6 is 0 Å². The molecule has 1 N–H and O–H groups in total. The van der Waals surface area contributed by atoms with E-state index in [0.717, 1.165) is 0 Å². The molecular weight excluding hydrogens is 510 g/mol. The summed E-state index contributed by atoms with van der Waals surface area (Å²) in [5.74, 6) is 0.402. The Balaban J connectivity index is 1.89. The minimum atomic E-state index is -1.08. The first kappa shape index (κ1) is 28.4. The standard InChI is InChI=1S/C30H35N5O5/c1-7-30(2,3)31-29(37)27(20-17-24(38-4)28(40-6)25(18-20)39-5)35(21-13-9-8-10-14-21)26(36)19-34-23-16-12-11-15-22(23)32-33-34/h8-18,27H,7,19H2,1-6H3,(H,31,37)/t27-/m1/s1. The molecule has 1 heterocycles. The van der Waals surface area contributed by atoms with Gasteiger partial charge in [-0.05, 0) is 62.2 Å². The molecule has 0 bridgehead atoms. The molecule has 1 atom stereocenters. The van der Waals surface area contributed by atoms with Crippen LogP contribution in [-0.2, 0) is 16.1 Å². The zero-order valence-electron chi connectivity index (χ0n) is 23.7. The molecule has 10 heteroatoms. The average Bonchev–Trinajstić information content (AvgIpc) is 3.37. The summed E-state index contributed by atoms with van der Waals surface area (Å²) in [4.78, 5) is 29.8. The van der Waals surface area contributed by atoms with Crippen molar-refractivity contribution in [2.45, 2.75) is 45.3 Å². The molecule has 0 unspecified atom stereocenters. The van der Waals surface area contributed by atoms with Gasteiger partial charge in [0.25, 0.3) is 0 Å². The van der Waals surface area contributed by atoms with E-state index in [1.165, 1.54) is 30.9 Å². The van der Waals surface area contributed by atoms with E-state index in [2.05, 4.69) is 15.6 Å². The van der Waals surface area contributed by atoms with Crippen molar-refractivity contribution in [2.75, 3.05) is 26.2 Å². The SMILES string of the molecule is CCC(C)(C)NC(=O)[C@@H](c1cc(OC)c(OC)c(OC)c1)N(C(=O)Cn1nnc2ccccc21)c1ccccc1. The third kappa shape index (κ3) is 5.85. The van der Waals surface area contributed by atoms with Crippen LogP contribution in [-0.4, -0.2) is 53.7 Å². The fraction of sp³-hybridized carbons (Fsp3) is 0.333. The molecule has 2 amide bonds. The number of rotatable bonds is 11. The lowest BCUT2D eigenvalue weighted by Crippen LogP contribution is -2.51. The van der Waals surface area contributed by atoms with Crippen LogP contribution in [0.25, 0.3) is 11.0 Å². The monoisotopic (exact) mass is 545 g/mol. The number of amides is 2. The van der Waals surface area contributed by atoms with Crippen molar-refractivity contribution in [1.82, 2.24) is 20.3 Å². The van der Waals surface area contributed by atoms with E-state index in [-0.39, 0.29) is 18.4 Å². The van der Waals surface area contributed by atoms with Crippen molar-refractivity contribution >= 4 is 28.5 Å². The molecule has 4 aromatic rings. The molecule has 10 nitrogen and oxygen atoms in total. The average molecular weight is 546 g/mol. The molecule has 0 radical (unpaired) electrons. The molecule has 40 heavy (non-hydrogen) atoms. The largest absolute Gasteiger partial charge is 0.493 e. The summed E-state index contributed by atoms with van der Waals surface area (Å²) >= 11 is 0. The summed E-state index contributed by atoms with van der Waals surface area (Å²) in [6.45, 7) is 5.73. The van der Waals surface area contributed by atoms with Crippen molar-refractivity contribution in [1.29, 1.82) is 0 Å². The topological polar surface area (TPSA) is 108 Å². The Morgan fingerprint density at radius 1 is 0.950 bits per heavy atom. The van der Waals surface area contributed by atoms with E-state index in [0.29, 0.717) is 46.0 Å². The van der Waals surface area contributed by atoms with Crippen molar-refractivity contribution in [3.63, 3.8) is 0 Å². The fourth-order valence-electron chi connectivity index (χ4n) is 4.43. The first-order chi connectivity index (χ1) is 19.2. The van der Waals surface area contributed by atoms with Gasteiger partial charge in [0.1, 0.15) is 18.1 Å². The van der Waals surface area contributed by atoms with Gasteiger partial charge in [-0.3, -0.25) is 14.5 Å². The lowest BCUT2D eigenvalue weighted by molar-refractivity contribution is -0.128. The molecule has 0 aliphatic rings. The highest BCUT2D eigenvalue weighted by Gasteiger charge is 2.36. The summed E-state index contributed by atoms with van der Waals surface area (Å²) < 4.78 is 18.2. The zero-order chi connectivity index (χ0) is 28.9. The second kappa shape index (κ2) is 12.1. The van der Waals surface area contributed by atoms with Crippen LogP contribution in [0.4, 0.5) is 5.69 Å². The third-order valence-electron chi connectivity index (χ3n) is 6.86. The van der Waals surface area contributed by atoms with Crippen LogP contribution in [0.5, 0.6) is 17.2 Å². The first-order valence-electron chi connectivity index (χ1n) is 13.0. The van der Waals surface area contributed by atoms with Crippen molar-refractivity contribution in [3.05, 3.63) is 72.3 Å². The van der Waals surface area contributed by atoms with Crippen LogP contribution in [0.15, 0.2) is 66.7 Å². The van der Waals surface area contributed by atoms with Crippen molar-refractivity contribution in [2.24, 2.45) is 0 Å². The molecule has 210 valence electrons. The Morgan fingerprint density at radius 3 is 2.17 bits per heavy atom. The summed E-state index contributed by atoms with van der Waals surface area (Å²) in [6.07, 6.45) is 0.685. The highest BCUT2D eigenvalue weighted by Crippen LogP contribution is 2.41. The normalized spacial score (nSPS) is 12.1. The minimum Gasteiger partial charge on any atom is -0.493 e. The summed E-state index contributed by atoms with van der Waals surface area (Å²) in [7, 11) is 4.52. The van der Waals surface area contributed by atoms with Gasteiger partial charge in [0.2, 0.25) is 17.6 Å². The molecular formula is C30H35N5O5. The van der Waals surface area contributed by atoms with Gasteiger partial charge in [-0.25, -0.2) is 4.68 Å². The summed E-state index contributed by atoms with van der Waals surface area (Å²) in [5, 5.41) is 11.5. The highest BCUT2D eigenvalue weighted by molar-refractivity contribution is 6.01. The summed E-state index contributed by atoms with van der Waals surface area (Å²) in [5.41, 5.74) is 1.89.